The number of carbonyl (C=O) groups excluding carboxylic acids is 1. The fourth-order valence-corrected chi connectivity index (χ4v) is 9.71. The number of hydrogen-bond donors (Lipinski definition) is 7. The third-order valence-corrected chi connectivity index (χ3v) is 13.8. The van der Waals surface area contributed by atoms with E-state index in [9.17, 15) is 30.3 Å². The molecule has 7 N–H and O–H groups in total. The molecule has 0 aliphatic carbocycles. The van der Waals surface area contributed by atoms with Crippen LogP contribution in [0.15, 0.2) is 0 Å². The highest BCUT2D eigenvalue weighted by Gasteiger charge is 2.58. The summed E-state index contributed by atoms with van der Waals surface area (Å²) in [5.41, 5.74) is -5.97. The average Bonchev–Trinajstić information content (AvgIpc) is 3.16. The van der Waals surface area contributed by atoms with E-state index in [0.29, 0.717) is 13.0 Å². The van der Waals surface area contributed by atoms with E-state index >= 15 is 0 Å². The predicted molar refractivity (Wildman–Crippen MR) is 226 cm³/mol. The van der Waals surface area contributed by atoms with Crippen molar-refractivity contribution in [3.05, 3.63) is 0 Å². The predicted octanol–water partition coefficient (Wildman–Crippen LogP) is 3.10. The van der Waals surface area contributed by atoms with Gasteiger partial charge in [0.2, 0.25) is 0 Å². The Morgan fingerprint density at radius 3 is 2.19 bits per heavy atom. The lowest BCUT2D eigenvalue weighted by Gasteiger charge is -2.53. The molecule has 1 unspecified atom stereocenters. The second kappa shape index (κ2) is 22.0. The highest BCUT2D eigenvalue weighted by molar-refractivity contribution is 5.73. The first kappa shape index (κ1) is 52.3. The van der Waals surface area contributed by atoms with Gasteiger partial charge in [0.05, 0.1) is 35.9 Å². The maximum absolute atomic E-state index is 14.4. The number of nitrogens with one attached hydrogen (secondary N) is 2. The number of unbranched alkanes of at least 4 members (excludes halogenated alkanes) is 3. The van der Waals surface area contributed by atoms with Crippen molar-refractivity contribution in [3.63, 3.8) is 0 Å². The number of nitrogens with zero attached hydrogens (tertiary/aromatic N) is 1. The first-order valence-corrected chi connectivity index (χ1v) is 22.4. The second-order valence-electron chi connectivity index (χ2n) is 19.3. The van der Waals surface area contributed by atoms with Gasteiger partial charge in [0.25, 0.3) is 0 Å². The van der Waals surface area contributed by atoms with Crippen LogP contribution in [0.1, 0.15) is 128 Å². The van der Waals surface area contributed by atoms with E-state index in [-0.39, 0.29) is 43.9 Å². The summed E-state index contributed by atoms with van der Waals surface area (Å²) in [5, 5.41) is 66.2. The number of aliphatic hydroxyl groups is 5. The Bertz CT molecular complexity index is 1280. The summed E-state index contributed by atoms with van der Waals surface area (Å²) >= 11 is 0. The van der Waals surface area contributed by atoms with Crippen LogP contribution in [-0.4, -0.2) is 167 Å². The quantitative estimate of drug-likeness (QED) is 0.0993. The molecule has 3 rings (SSSR count). The van der Waals surface area contributed by atoms with Crippen molar-refractivity contribution in [1.29, 1.82) is 0 Å². The molecule has 3 aliphatic rings. The van der Waals surface area contributed by atoms with Crippen LogP contribution in [0.5, 0.6) is 0 Å². The molecule has 0 aromatic rings. The van der Waals surface area contributed by atoms with Crippen molar-refractivity contribution in [2.24, 2.45) is 17.8 Å². The lowest BCUT2D eigenvalue weighted by molar-refractivity contribution is -0.336. The summed E-state index contributed by atoms with van der Waals surface area (Å²) in [5.74, 6) is -2.66. The summed E-state index contributed by atoms with van der Waals surface area (Å²) < 4.78 is 38.5. The number of rotatable bonds is 14. The molecule has 348 valence electrons. The summed E-state index contributed by atoms with van der Waals surface area (Å²) in [6.07, 6.45) is -3.24. The van der Waals surface area contributed by atoms with Crippen LogP contribution in [0.25, 0.3) is 0 Å². The van der Waals surface area contributed by atoms with Crippen LogP contribution in [-0.2, 0) is 33.2 Å². The molecular weight excluding hydrogens is 762 g/mol. The molecule has 0 bridgehead atoms. The van der Waals surface area contributed by atoms with Gasteiger partial charge in [0, 0.05) is 38.1 Å². The van der Waals surface area contributed by atoms with E-state index in [4.69, 9.17) is 28.4 Å². The van der Waals surface area contributed by atoms with E-state index < -0.39 is 95.5 Å². The van der Waals surface area contributed by atoms with Gasteiger partial charge < -0.3 is 69.5 Å². The van der Waals surface area contributed by atoms with Crippen LogP contribution in [0.4, 0.5) is 0 Å². The Kier molecular flexibility index (Phi) is 19.5. The lowest BCUT2D eigenvalue weighted by Crippen LogP contribution is -2.70. The number of methoxy groups -OCH3 is 1. The fourth-order valence-electron chi connectivity index (χ4n) is 9.71. The molecule has 0 amide bonds. The van der Waals surface area contributed by atoms with Crippen LogP contribution in [0.2, 0.25) is 0 Å². The SMILES string of the molecule is CCCCCCNC[C@@]1(O)[C@H](C)O[C@@H](OC2[C@@H](C)C(=O)O[C@H](CC)[C@@](C)(O)[C@H](O)[C@@H](C)NC[C@H](C)C[C@@](C)(O)[C@H](O[C@@H]3O[C@H](C)C[C@H](N(C)C)[C@H]3O)[C@H]2C)C[C@@]1(C)OC. The van der Waals surface area contributed by atoms with E-state index in [1.165, 1.54) is 6.92 Å². The highest BCUT2D eigenvalue weighted by atomic mass is 16.7. The molecule has 0 radical (unpaired) electrons. The number of carbonyl (C=O) groups is 1. The van der Waals surface area contributed by atoms with Crippen molar-refractivity contribution < 1.29 is 58.7 Å². The first-order chi connectivity index (χ1) is 27.4. The molecule has 0 aromatic heterocycles. The van der Waals surface area contributed by atoms with Gasteiger partial charge in [-0.1, -0.05) is 47.0 Å². The molecule has 0 saturated carbocycles. The van der Waals surface area contributed by atoms with Gasteiger partial charge in [-0.05, 0) is 107 Å². The number of cyclic esters (lactones) is 1. The van der Waals surface area contributed by atoms with Gasteiger partial charge in [-0.25, -0.2) is 0 Å². The zero-order valence-electron chi connectivity index (χ0n) is 38.9. The van der Waals surface area contributed by atoms with Gasteiger partial charge in [0.1, 0.15) is 35.1 Å². The molecule has 15 heteroatoms. The third-order valence-electron chi connectivity index (χ3n) is 13.8. The third kappa shape index (κ3) is 12.6. The van der Waals surface area contributed by atoms with Crippen molar-refractivity contribution in [1.82, 2.24) is 15.5 Å². The monoisotopic (exact) mass is 848 g/mol. The maximum atomic E-state index is 14.4. The maximum Gasteiger partial charge on any atom is 0.311 e. The first-order valence-electron chi connectivity index (χ1n) is 22.4. The Morgan fingerprint density at radius 2 is 1.59 bits per heavy atom. The summed E-state index contributed by atoms with van der Waals surface area (Å²) in [6, 6.07) is -0.879. The molecule has 3 saturated heterocycles. The highest BCUT2D eigenvalue weighted by Crippen LogP contribution is 2.43. The Morgan fingerprint density at radius 1 is 0.932 bits per heavy atom. The number of ether oxygens (including phenoxy) is 6. The zero-order chi connectivity index (χ0) is 44.7. The van der Waals surface area contributed by atoms with Gasteiger partial charge in [0.15, 0.2) is 12.6 Å². The minimum atomic E-state index is -1.82. The van der Waals surface area contributed by atoms with Crippen LogP contribution in [0.3, 0.4) is 0 Å². The number of hydrogen-bond acceptors (Lipinski definition) is 15. The molecule has 3 heterocycles. The van der Waals surface area contributed by atoms with Gasteiger partial charge >= 0.3 is 5.97 Å². The van der Waals surface area contributed by atoms with E-state index in [1.54, 1.807) is 41.7 Å². The van der Waals surface area contributed by atoms with Crippen molar-refractivity contribution >= 4 is 5.97 Å². The molecule has 18 atom stereocenters. The summed E-state index contributed by atoms with van der Waals surface area (Å²) in [6.45, 7) is 21.2. The standard InChI is InChI=1S/C44H85N3O12/c1-15-17-18-19-20-45-25-44(53)31(8)56-34(23-42(44,10)54-14)58-36-28(5)38(59-40-35(48)32(47(12)13)21-27(4)55-40)41(9,51)22-26(3)24-46-30(7)37(49)43(11,52)33(16-2)57-39(50)29(36)6/h26-38,40,45-46,48-49,51-53H,15-25H2,1-14H3/t26-,27-,28+,29-,30-,31+,32+,33-,34+,35-,36?,37-,38-,40+,41-,42-,43-,44-/m1/s1. The molecule has 15 nitrogen and oxygen atoms in total. The minimum absolute atomic E-state index is 0.0975. The Hall–Kier alpha value is -1.05. The van der Waals surface area contributed by atoms with E-state index in [2.05, 4.69) is 17.6 Å². The molecule has 3 aliphatic heterocycles. The van der Waals surface area contributed by atoms with E-state index in [0.717, 1.165) is 32.2 Å². The molecule has 0 aromatic carbocycles. The zero-order valence-corrected chi connectivity index (χ0v) is 38.9. The molecule has 59 heavy (non-hydrogen) atoms. The Balaban J connectivity index is 2.11. The van der Waals surface area contributed by atoms with E-state index in [1.807, 2.05) is 46.7 Å². The van der Waals surface area contributed by atoms with Crippen molar-refractivity contribution in [3.8, 4) is 0 Å². The molecule has 3 fully saturated rings. The molecular formula is C44H85N3O12. The van der Waals surface area contributed by atoms with Gasteiger partial charge in [-0.3, -0.25) is 4.79 Å². The molecule has 0 spiro atoms. The smallest absolute Gasteiger partial charge is 0.311 e. The summed E-state index contributed by atoms with van der Waals surface area (Å²) in [4.78, 5) is 16.3. The number of likely N-dealkylation sites (N-methyl/N-ethyl adjacent to an activating group) is 1. The van der Waals surface area contributed by atoms with Gasteiger partial charge in [-0.15, -0.1) is 0 Å². The second-order valence-corrected chi connectivity index (χ2v) is 19.3. The minimum Gasteiger partial charge on any atom is -0.459 e. The van der Waals surface area contributed by atoms with Crippen molar-refractivity contribution in [2.45, 2.75) is 217 Å². The average molecular weight is 848 g/mol. The largest absolute Gasteiger partial charge is 0.459 e. The topological polar surface area (TPSA) is 201 Å². The number of aliphatic hydroxyl groups excluding tert-OH is 2. The lowest BCUT2D eigenvalue weighted by atomic mass is 9.75. The summed E-state index contributed by atoms with van der Waals surface area (Å²) in [7, 11) is 5.33. The van der Waals surface area contributed by atoms with Crippen molar-refractivity contribution in [2.75, 3.05) is 40.8 Å². The fraction of sp³-hybridized carbons (Fsp3) is 0.977. The van der Waals surface area contributed by atoms with Crippen LogP contribution >= 0.6 is 0 Å². The van der Waals surface area contributed by atoms with Gasteiger partial charge in [-0.2, -0.15) is 0 Å². The Labute approximate surface area is 355 Å². The van der Waals surface area contributed by atoms with Crippen LogP contribution < -0.4 is 10.6 Å². The normalized spacial score (nSPS) is 46.1. The number of esters is 1. The van der Waals surface area contributed by atoms with Crippen LogP contribution in [0, 0.1) is 17.8 Å².